The van der Waals surface area contributed by atoms with E-state index in [4.69, 9.17) is 14.2 Å². The molecule has 2 aromatic carbocycles. The van der Waals surface area contributed by atoms with Crippen LogP contribution in [0.4, 0.5) is 0 Å². The van der Waals surface area contributed by atoms with E-state index in [2.05, 4.69) is 0 Å². The number of hydrogen-bond donors (Lipinski definition) is 0. The lowest BCUT2D eigenvalue weighted by Gasteiger charge is -2.36. The second-order valence-electron chi connectivity index (χ2n) is 5.96. The topological polar surface area (TPSA) is 48.0 Å². The van der Waals surface area contributed by atoms with Gasteiger partial charge in [-0.25, -0.2) is 0 Å². The van der Waals surface area contributed by atoms with Crippen molar-refractivity contribution in [2.45, 2.75) is 18.3 Å². The number of benzene rings is 2. The molecule has 1 aliphatic rings. The first kappa shape index (κ1) is 18.5. The monoisotopic (exact) mass is 373 g/mol. The van der Waals surface area contributed by atoms with Crippen molar-refractivity contribution in [3.05, 3.63) is 53.6 Å². The largest absolute Gasteiger partial charge is 0.497 e. The molecule has 1 saturated heterocycles. The number of carbonyl (C=O) groups is 1. The van der Waals surface area contributed by atoms with Gasteiger partial charge in [-0.05, 0) is 23.8 Å². The molecule has 1 atom stereocenters. The maximum atomic E-state index is 12.7. The van der Waals surface area contributed by atoms with Gasteiger partial charge in [-0.15, -0.1) is 11.8 Å². The van der Waals surface area contributed by atoms with E-state index >= 15 is 0 Å². The van der Waals surface area contributed by atoms with Gasteiger partial charge in [0.15, 0.2) is 0 Å². The van der Waals surface area contributed by atoms with E-state index in [1.54, 1.807) is 33.1 Å². The Morgan fingerprint density at radius 3 is 2.38 bits per heavy atom. The summed E-state index contributed by atoms with van der Waals surface area (Å²) in [5.74, 6) is 3.17. The molecule has 1 unspecified atom stereocenters. The first-order valence-electron chi connectivity index (χ1n) is 8.42. The van der Waals surface area contributed by atoms with Crippen molar-refractivity contribution in [3.63, 3.8) is 0 Å². The lowest BCUT2D eigenvalue weighted by Crippen LogP contribution is -2.36. The Morgan fingerprint density at radius 2 is 1.73 bits per heavy atom. The molecule has 0 radical (unpaired) electrons. The summed E-state index contributed by atoms with van der Waals surface area (Å²) in [5.41, 5.74) is 1.99. The van der Waals surface area contributed by atoms with Crippen molar-refractivity contribution in [1.82, 2.24) is 4.90 Å². The van der Waals surface area contributed by atoms with Crippen molar-refractivity contribution in [2.75, 3.05) is 27.1 Å². The number of amides is 1. The SMILES string of the molecule is COc1cc(CN2C(=O)CCSC2c2ccccc2OC)cc(OC)c1. The van der Waals surface area contributed by atoms with E-state index in [1.807, 2.05) is 47.4 Å². The molecular weight excluding hydrogens is 350 g/mol. The highest BCUT2D eigenvalue weighted by Gasteiger charge is 2.31. The number of para-hydroxylation sites is 1. The van der Waals surface area contributed by atoms with Crippen LogP contribution in [0, 0.1) is 0 Å². The van der Waals surface area contributed by atoms with Crippen LogP contribution in [0.3, 0.4) is 0 Å². The number of rotatable bonds is 6. The molecule has 1 amide bonds. The van der Waals surface area contributed by atoms with Crippen molar-refractivity contribution < 1.29 is 19.0 Å². The van der Waals surface area contributed by atoms with Gasteiger partial charge < -0.3 is 19.1 Å². The number of hydrogen-bond acceptors (Lipinski definition) is 5. The van der Waals surface area contributed by atoms with Crippen LogP contribution in [0.15, 0.2) is 42.5 Å². The second kappa shape index (κ2) is 8.36. The molecule has 0 bridgehead atoms. The van der Waals surface area contributed by atoms with Crippen LogP contribution < -0.4 is 14.2 Å². The molecule has 3 rings (SSSR count). The Hall–Kier alpha value is -2.34. The number of methoxy groups -OCH3 is 3. The molecule has 26 heavy (non-hydrogen) atoms. The minimum atomic E-state index is -0.0791. The van der Waals surface area contributed by atoms with E-state index in [9.17, 15) is 4.79 Å². The smallest absolute Gasteiger partial charge is 0.224 e. The van der Waals surface area contributed by atoms with Gasteiger partial charge in [0.2, 0.25) is 5.91 Å². The standard InChI is InChI=1S/C20H23NO4S/c1-23-15-10-14(11-16(12-15)24-2)13-21-19(22)8-9-26-20(21)17-6-4-5-7-18(17)25-3/h4-7,10-12,20H,8-9,13H2,1-3H3. The minimum absolute atomic E-state index is 0.0791. The van der Waals surface area contributed by atoms with Gasteiger partial charge in [0, 0.05) is 30.3 Å². The zero-order valence-corrected chi connectivity index (χ0v) is 16.0. The van der Waals surface area contributed by atoms with Gasteiger partial charge in [0.25, 0.3) is 0 Å². The second-order valence-corrected chi connectivity index (χ2v) is 7.15. The summed E-state index contributed by atoms with van der Waals surface area (Å²) >= 11 is 1.76. The molecule has 0 aromatic heterocycles. The average Bonchev–Trinajstić information content (AvgIpc) is 2.69. The van der Waals surface area contributed by atoms with Gasteiger partial charge in [0.05, 0.1) is 21.3 Å². The zero-order chi connectivity index (χ0) is 18.5. The summed E-state index contributed by atoms with van der Waals surface area (Å²) in [6.45, 7) is 0.488. The van der Waals surface area contributed by atoms with E-state index in [0.717, 1.165) is 22.6 Å². The van der Waals surface area contributed by atoms with Crippen LogP contribution in [-0.4, -0.2) is 37.9 Å². The summed E-state index contributed by atoms with van der Waals surface area (Å²) < 4.78 is 16.2. The van der Waals surface area contributed by atoms with Gasteiger partial charge >= 0.3 is 0 Å². The van der Waals surface area contributed by atoms with Crippen LogP contribution in [0.25, 0.3) is 0 Å². The quantitative estimate of drug-likeness (QED) is 0.769. The summed E-state index contributed by atoms with van der Waals surface area (Å²) in [7, 11) is 4.90. The average molecular weight is 373 g/mol. The molecule has 5 nitrogen and oxygen atoms in total. The molecule has 6 heteroatoms. The highest BCUT2D eigenvalue weighted by atomic mass is 32.2. The molecule has 0 aliphatic carbocycles. The summed E-state index contributed by atoms with van der Waals surface area (Å²) in [6.07, 6.45) is 0.539. The fraction of sp³-hybridized carbons (Fsp3) is 0.350. The lowest BCUT2D eigenvalue weighted by molar-refractivity contribution is -0.132. The fourth-order valence-corrected chi connectivity index (χ4v) is 4.34. The molecule has 0 saturated carbocycles. The van der Waals surface area contributed by atoms with Crippen LogP contribution in [-0.2, 0) is 11.3 Å². The van der Waals surface area contributed by atoms with Crippen LogP contribution in [0.5, 0.6) is 17.2 Å². The predicted molar refractivity (Wildman–Crippen MR) is 103 cm³/mol. The first-order valence-corrected chi connectivity index (χ1v) is 9.47. The van der Waals surface area contributed by atoms with Crippen LogP contribution in [0.2, 0.25) is 0 Å². The van der Waals surface area contributed by atoms with E-state index in [-0.39, 0.29) is 11.3 Å². The van der Waals surface area contributed by atoms with Crippen molar-refractivity contribution in [2.24, 2.45) is 0 Å². The van der Waals surface area contributed by atoms with Gasteiger partial charge in [-0.3, -0.25) is 4.79 Å². The maximum absolute atomic E-state index is 12.7. The Balaban J connectivity index is 1.94. The number of nitrogens with zero attached hydrogens (tertiary/aromatic N) is 1. The molecule has 0 spiro atoms. The minimum Gasteiger partial charge on any atom is -0.497 e. The highest BCUT2D eigenvalue weighted by molar-refractivity contribution is 7.99. The van der Waals surface area contributed by atoms with E-state index < -0.39 is 0 Å². The molecule has 1 aliphatic heterocycles. The third-order valence-electron chi connectivity index (χ3n) is 4.36. The summed E-state index contributed by atoms with van der Waals surface area (Å²) in [6, 6.07) is 13.6. The number of carbonyl (C=O) groups excluding carboxylic acids is 1. The molecule has 2 aromatic rings. The van der Waals surface area contributed by atoms with Gasteiger partial charge in [-0.1, -0.05) is 18.2 Å². The Kier molecular flexibility index (Phi) is 5.93. The lowest BCUT2D eigenvalue weighted by atomic mass is 10.1. The van der Waals surface area contributed by atoms with Gasteiger partial charge in [-0.2, -0.15) is 0 Å². The maximum Gasteiger partial charge on any atom is 0.224 e. The van der Waals surface area contributed by atoms with Crippen LogP contribution in [0.1, 0.15) is 22.9 Å². The first-order chi connectivity index (χ1) is 12.7. The highest BCUT2D eigenvalue weighted by Crippen LogP contribution is 2.42. The van der Waals surface area contributed by atoms with Crippen molar-refractivity contribution in [3.8, 4) is 17.2 Å². The summed E-state index contributed by atoms with van der Waals surface area (Å²) in [4.78, 5) is 14.6. The van der Waals surface area contributed by atoms with Crippen LogP contribution >= 0.6 is 11.8 Å². The van der Waals surface area contributed by atoms with E-state index in [1.165, 1.54) is 0 Å². The molecule has 1 heterocycles. The normalized spacial score (nSPS) is 17.1. The van der Waals surface area contributed by atoms with Gasteiger partial charge in [0.1, 0.15) is 22.6 Å². The van der Waals surface area contributed by atoms with Crippen molar-refractivity contribution >= 4 is 17.7 Å². The molecule has 0 N–H and O–H groups in total. The molecule has 138 valence electrons. The predicted octanol–water partition coefficient (Wildman–Crippen LogP) is 3.88. The Labute approximate surface area is 158 Å². The third-order valence-corrected chi connectivity index (χ3v) is 5.63. The Morgan fingerprint density at radius 1 is 1.04 bits per heavy atom. The zero-order valence-electron chi connectivity index (χ0n) is 15.2. The number of ether oxygens (including phenoxy) is 3. The fourth-order valence-electron chi connectivity index (χ4n) is 3.08. The summed E-state index contributed by atoms with van der Waals surface area (Å²) in [5, 5.41) is -0.0791. The molecule has 1 fully saturated rings. The Bertz CT molecular complexity index is 758. The van der Waals surface area contributed by atoms with Crippen molar-refractivity contribution in [1.29, 1.82) is 0 Å². The number of thioether (sulfide) groups is 1. The molecular formula is C20H23NO4S. The van der Waals surface area contributed by atoms with E-state index in [0.29, 0.717) is 24.5 Å². The third kappa shape index (κ3) is 3.90.